The molecular weight excluding hydrogens is 566 g/mol. The van der Waals surface area contributed by atoms with Gasteiger partial charge >= 0.3 is 6.18 Å². The summed E-state index contributed by atoms with van der Waals surface area (Å²) in [5, 5.41) is 5.53. The number of methoxy groups -OCH3 is 1. The number of alkyl halides is 3. The summed E-state index contributed by atoms with van der Waals surface area (Å²) in [5.74, 6) is -0.908. The number of ether oxygens (including phenoxy) is 1. The van der Waals surface area contributed by atoms with Gasteiger partial charge < -0.3 is 25.2 Å². The summed E-state index contributed by atoms with van der Waals surface area (Å²) in [6.45, 7) is 3.25. The van der Waals surface area contributed by atoms with Crippen molar-refractivity contribution < 1.29 is 30.7 Å². The predicted molar refractivity (Wildman–Crippen MR) is 150 cm³/mol. The van der Waals surface area contributed by atoms with Gasteiger partial charge in [0.2, 0.25) is 16.0 Å². The highest BCUT2D eigenvalue weighted by molar-refractivity contribution is 7.92. The van der Waals surface area contributed by atoms with Crippen LogP contribution in [0.2, 0.25) is 0 Å². The lowest BCUT2D eigenvalue weighted by Crippen LogP contribution is -2.44. The first-order valence-electron chi connectivity index (χ1n) is 12.5. The lowest BCUT2D eigenvalue weighted by molar-refractivity contribution is -0.137. The monoisotopic (exact) mass is 597 g/mol. The van der Waals surface area contributed by atoms with Crippen molar-refractivity contribution >= 4 is 38.9 Å². The fraction of sp³-hybridized carbons (Fsp3) is 0.385. The highest BCUT2D eigenvalue weighted by Crippen LogP contribution is 2.36. The molecule has 1 aliphatic rings. The van der Waals surface area contributed by atoms with Crippen molar-refractivity contribution in [2.24, 2.45) is 0 Å². The average molecular weight is 598 g/mol. The molecule has 4 rings (SSSR count). The van der Waals surface area contributed by atoms with E-state index < -0.39 is 33.4 Å². The van der Waals surface area contributed by atoms with Crippen molar-refractivity contribution in [3.8, 4) is 5.75 Å². The quantitative estimate of drug-likeness (QED) is 0.352. The lowest BCUT2D eigenvalue weighted by Gasteiger charge is -2.34. The van der Waals surface area contributed by atoms with Gasteiger partial charge in [0.15, 0.2) is 0 Å². The van der Waals surface area contributed by atoms with Crippen molar-refractivity contribution in [1.29, 1.82) is 0 Å². The highest BCUT2D eigenvalue weighted by Gasteiger charge is 2.35. The third-order valence-electron chi connectivity index (χ3n) is 6.72. The maximum absolute atomic E-state index is 13.9. The molecule has 0 radical (unpaired) electrons. The molecule has 2 aromatic carbocycles. The molecule has 3 aromatic rings. The summed E-state index contributed by atoms with van der Waals surface area (Å²) >= 11 is 0. The van der Waals surface area contributed by atoms with Crippen LogP contribution in [0, 0.1) is 5.82 Å². The van der Waals surface area contributed by atoms with Gasteiger partial charge in [-0.25, -0.2) is 17.8 Å². The van der Waals surface area contributed by atoms with Crippen molar-refractivity contribution in [1.82, 2.24) is 14.9 Å². The number of nitrogens with one attached hydrogen (secondary N) is 2. The Labute approximate surface area is 236 Å². The third-order valence-corrected chi connectivity index (χ3v) is 7.92. The minimum absolute atomic E-state index is 0.0221. The largest absolute Gasteiger partial charge is 0.494 e. The topological polar surface area (TPSA) is 103 Å². The molecule has 10 nitrogen and oxygen atoms in total. The van der Waals surface area contributed by atoms with Crippen molar-refractivity contribution in [2.75, 3.05) is 73.5 Å². The van der Waals surface area contributed by atoms with E-state index in [0.29, 0.717) is 17.6 Å². The van der Waals surface area contributed by atoms with Gasteiger partial charge in [0.05, 0.1) is 24.7 Å². The first-order valence-corrected chi connectivity index (χ1v) is 14.4. The van der Waals surface area contributed by atoms with E-state index in [9.17, 15) is 26.0 Å². The van der Waals surface area contributed by atoms with E-state index in [1.807, 2.05) is 12.1 Å². The van der Waals surface area contributed by atoms with Gasteiger partial charge in [-0.3, -0.25) is 4.31 Å². The van der Waals surface area contributed by atoms with Crippen LogP contribution in [-0.2, 0) is 22.7 Å². The number of aromatic nitrogens is 2. The van der Waals surface area contributed by atoms with E-state index in [-0.39, 0.29) is 23.7 Å². The number of nitrogens with zero attached hydrogens (tertiary/aromatic N) is 5. The molecule has 1 fully saturated rings. The Morgan fingerprint density at radius 1 is 1.10 bits per heavy atom. The number of hydrogen-bond donors (Lipinski definition) is 2. The minimum Gasteiger partial charge on any atom is -0.494 e. The zero-order valence-corrected chi connectivity index (χ0v) is 23.8. The van der Waals surface area contributed by atoms with Crippen LogP contribution in [0.1, 0.15) is 11.1 Å². The first-order chi connectivity index (χ1) is 19.3. The molecule has 1 aromatic heterocycles. The molecule has 222 valence electrons. The van der Waals surface area contributed by atoms with Crippen LogP contribution in [0.5, 0.6) is 5.75 Å². The van der Waals surface area contributed by atoms with Crippen molar-refractivity contribution in [2.45, 2.75) is 12.7 Å². The average Bonchev–Trinajstić information content (AvgIpc) is 2.91. The number of piperazine rings is 1. The van der Waals surface area contributed by atoms with E-state index >= 15 is 0 Å². The molecule has 0 bridgehead atoms. The predicted octanol–water partition coefficient (Wildman–Crippen LogP) is 4.15. The maximum atomic E-state index is 13.9. The minimum atomic E-state index is -4.78. The first kappa shape index (κ1) is 30.1. The van der Waals surface area contributed by atoms with Crippen LogP contribution in [0.25, 0.3) is 0 Å². The van der Waals surface area contributed by atoms with E-state index in [2.05, 4.69) is 37.4 Å². The van der Waals surface area contributed by atoms with Crippen LogP contribution in [-0.4, -0.2) is 76.9 Å². The molecule has 0 saturated carbocycles. The van der Waals surface area contributed by atoms with E-state index in [4.69, 9.17) is 4.74 Å². The Hall–Kier alpha value is -3.85. The molecule has 1 aliphatic heterocycles. The van der Waals surface area contributed by atoms with Crippen molar-refractivity contribution in [3.63, 3.8) is 0 Å². The zero-order valence-electron chi connectivity index (χ0n) is 23.0. The zero-order chi connectivity index (χ0) is 29.9. The number of halogens is 4. The summed E-state index contributed by atoms with van der Waals surface area (Å²) in [7, 11) is 1.01. The van der Waals surface area contributed by atoms with Gasteiger partial charge in [-0.2, -0.15) is 18.2 Å². The molecule has 0 atom stereocenters. The number of hydrogen-bond acceptors (Lipinski definition) is 9. The molecule has 0 amide bonds. The summed E-state index contributed by atoms with van der Waals surface area (Å²) in [6, 6.07) is 8.84. The standard InChI is InChI=1S/C26H31F4N7O3S/c1-35-9-11-37(12-10-35)19-7-8-21(23(14-19)40-3)33-25-32-16-20(26(28,29)30)24(34-25)31-15-17-5-6-18(27)13-22(17)36(2)41(4,38)39/h5-8,13-14,16H,9-12,15H2,1-4H3,(H2,31,32,33,34). The van der Waals surface area contributed by atoms with Gasteiger partial charge in [0, 0.05) is 57.7 Å². The Bertz CT molecular complexity index is 1500. The Kier molecular flexibility index (Phi) is 8.77. The number of benzene rings is 2. The second kappa shape index (κ2) is 11.9. The summed E-state index contributed by atoms with van der Waals surface area (Å²) in [5.41, 5.74) is 0.491. The Morgan fingerprint density at radius 3 is 2.44 bits per heavy atom. The molecule has 15 heteroatoms. The smallest absolute Gasteiger partial charge is 0.421 e. The Balaban J connectivity index is 1.60. The highest BCUT2D eigenvalue weighted by atomic mass is 32.2. The van der Waals surface area contributed by atoms with Crippen LogP contribution in [0.3, 0.4) is 0 Å². The molecule has 41 heavy (non-hydrogen) atoms. The molecule has 0 aliphatic carbocycles. The van der Waals surface area contributed by atoms with Crippen molar-refractivity contribution in [3.05, 3.63) is 59.5 Å². The molecule has 1 saturated heterocycles. The van der Waals surface area contributed by atoms with Crippen LogP contribution in [0.4, 0.5) is 46.4 Å². The SMILES string of the molecule is COc1cc(N2CCN(C)CC2)ccc1Nc1ncc(C(F)(F)F)c(NCc2ccc(F)cc2N(C)S(C)(=O)=O)n1. The normalized spacial score (nSPS) is 14.6. The van der Waals surface area contributed by atoms with Gasteiger partial charge in [0.1, 0.15) is 22.9 Å². The lowest BCUT2D eigenvalue weighted by atomic mass is 10.1. The van der Waals surface area contributed by atoms with Crippen LogP contribution in [0.15, 0.2) is 42.6 Å². The second-order valence-electron chi connectivity index (χ2n) is 9.61. The molecule has 2 heterocycles. The van der Waals surface area contributed by atoms with E-state index in [1.54, 1.807) is 6.07 Å². The fourth-order valence-electron chi connectivity index (χ4n) is 4.29. The molecular formula is C26H31F4N7O3S. The summed E-state index contributed by atoms with van der Waals surface area (Å²) in [6.07, 6.45) is -3.19. The summed E-state index contributed by atoms with van der Waals surface area (Å²) in [4.78, 5) is 12.4. The van der Waals surface area contributed by atoms with Gasteiger partial charge in [-0.1, -0.05) is 6.07 Å². The van der Waals surface area contributed by atoms with E-state index in [0.717, 1.165) is 54.6 Å². The number of anilines is 5. The molecule has 0 unspecified atom stereocenters. The second-order valence-corrected chi connectivity index (χ2v) is 11.6. The van der Waals surface area contributed by atoms with Gasteiger partial charge in [-0.15, -0.1) is 0 Å². The number of likely N-dealkylation sites (N-methyl/N-ethyl adjacent to an activating group) is 1. The molecule has 0 spiro atoms. The van der Waals surface area contributed by atoms with Crippen LogP contribution >= 0.6 is 0 Å². The summed E-state index contributed by atoms with van der Waals surface area (Å²) < 4.78 is 85.8. The molecule has 2 N–H and O–H groups in total. The third kappa shape index (κ3) is 7.27. The van der Waals surface area contributed by atoms with Gasteiger partial charge in [-0.05, 0) is 36.9 Å². The fourth-order valence-corrected chi connectivity index (χ4v) is 4.81. The van der Waals surface area contributed by atoms with E-state index in [1.165, 1.54) is 20.2 Å². The van der Waals surface area contributed by atoms with Crippen LogP contribution < -0.4 is 24.6 Å². The number of rotatable bonds is 9. The number of sulfonamides is 1. The maximum Gasteiger partial charge on any atom is 0.421 e. The Morgan fingerprint density at radius 2 is 1.80 bits per heavy atom. The van der Waals surface area contributed by atoms with Gasteiger partial charge in [0.25, 0.3) is 0 Å².